The molecule has 0 aliphatic carbocycles. The molecular weight excluding hydrogens is 361 g/mol. The van der Waals surface area contributed by atoms with Crippen LogP contribution in [0, 0.1) is 5.82 Å². The van der Waals surface area contributed by atoms with E-state index in [2.05, 4.69) is 10.1 Å². The summed E-state index contributed by atoms with van der Waals surface area (Å²) in [6.07, 6.45) is 1.05. The van der Waals surface area contributed by atoms with Crippen LogP contribution in [0.2, 0.25) is 0 Å². The van der Waals surface area contributed by atoms with Gasteiger partial charge < -0.3 is 14.6 Å². The van der Waals surface area contributed by atoms with E-state index in [9.17, 15) is 14.3 Å². The molecule has 1 aliphatic heterocycles. The molecule has 0 saturated heterocycles. The summed E-state index contributed by atoms with van der Waals surface area (Å²) in [6.45, 7) is 4.62. The van der Waals surface area contributed by atoms with Crippen LogP contribution in [0.5, 0.6) is 0 Å². The van der Waals surface area contributed by atoms with Crippen molar-refractivity contribution in [1.29, 1.82) is 0 Å². The number of aryl methyl sites for hydroxylation is 1. The van der Waals surface area contributed by atoms with Crippen LogP contribution in [-0.4, -0.2) is 41.8 Å². The molecule has 146 valence electrons. The fourth-order valence-electron chi connectivity index (χ4n) is 3.75. The van der Waals surface area contributed by atoms with Crippen molar-refractivity contribution in [3.63, 3.8) is 0 Å². The minimum Gasteiger partial charge on any atom is -0.385 e. The summed E-state index contributed by atoms with van der Waals surface area (Å²) in [5.41, 5.74) is 2.74. The highest BCUT2D eigenvalue weighted by molar-refractivity contribution is 5.93. The van der Waals surface area contributed by atoms with Gasteiger partial charge in [-0.15, -0.1) is 0 Å². The van der Waals surface area contributed by atoms with Crippen molar-refractivity contribution >= 4 is 5.91 Å². The summed E-state index contributed by atoms with van der Waals surface area (Å²) in [5, 5.41) is 14.3. The average molecular weight is 383 g/mol. The smallest absolute Gasteiger partial charge is 0.272 e. The second-order valence-electron chi connectivity index (χ2n) is 7.23. The number of hydrogen-bond acceptors (Lipinski definition) is 4. The number of amides is 1. The molecule has 8 heteroatoms. The quantitative estimate of drug-likeness (QED) is 0.755. The molecule has 1 amide bonds. The Bertz CT molecular complexity index is 1020. The van der Waals surface area contributed by atoms with Gasteiger partial charge in [0.2, 0.25) is 0 Å². The molecule has 1 aromatic carbocycles. The fourth-order valence-corrected chi connectivity index (χ4v) is 3.75. The number of aliphatic hydroxyl groups is 1. The second-order valence-corrected chi connectivity index (χ2v) is 7.23. The largest absolute Gasteiger partial charge is 0.385 e. The van der Waals surface area contributed by atoms with E-state index in [1.165, 1.54) is 12.1 Å². The highest BCUT2D eigenvalue weighted by atomic mass is 19.1. The van der Waals surface area contributed by atoms with Gasteiger partial charge in [-0.2, -0.15) is 5.10 Å². The molecule has 4 rings (SSSR count). The van der Waals surface area contributed by atoms with Crippen LogP contribution in [0.1, 0.15) is 48.0 Å². The number of fused-ring (bicyclic) bond motifs is 1. The van der Waals surface area contributed by atoms with Crippen LogP contribution in [-0.2, 0) is 13.6 Å². The van der Waals surface area contributed by atoms with Gasteiger partial charge in [0.1, 0.15) is 23.4 Å². The predicted octanol–water partition coefficient (Wildman–Crippen LogP) is 2.69. The number of carbonyl (C=O) groups is 1. The van der Waals surface area contributed by atoms with E-state index >= 15 is 0 Å². The topological polar surface area (TPSA) is 76.2 Å². The van der Waals surface area contributed by atoms with Gasteiger partial charge in [0.25, 0.3) is 5.91 Å². The summed E-state index contributed by atoms with van der Waals surface area (Å²) < 4.78 is 16.7. The zero-order chi connectivity index (χ0) is 20.0. The molecule has 3 heterocycles. The van der Waals surface area contributed by atoms with Crippen LogP contribution < -0.4 is 0 Å². The number of nitrogens with zero attached hydrogens (tertiary/aromatic N) is 5. The monoisotopic (exact) mass is 383 g/mol. The highest BCUT2D eigenvalue weighted by Crippen LogP contribution is 2.27. The lowest BCUT2D eigenvalue weighted by Crippen LogP contribution is -2.41. The molecule has 0 radical (unpaired) electrons. The molecule has 0 fully saturated rings. The van der Waals surface area contributed by atoms with E-state index in [4.69, 9.17) is 0 Å². The van der Waals surface area contributed by atoms with E-state index in [0.29, 0.717) is 30.3 Å². The van der Waals surface area contributed by atoms with E-state index in [-0.39, 0.29) is 17.8 Å². The van der Waals surface area contributed by atoms with E-state index in [1.54, 1.807) is 47.9 Å². The van der Waals surface area contributed by atoms with E-state index in [0.717, 1.165) is 11.3 Å². The summed E-state index contributed by atoms with van der Waals surface area (Å²) in [7, 11) is 1.73. The lowest BCUT2D eigenvalue weighted by Gasteiger charge is -2.34. The zero-order valence-electron chi connectivity index (χ0n) is 16.0. The normalized spacial score (nSPS) is 17.5. The Labute approximate surface area is 162 Å². The van der Waals surface area contributed by atoms with Crippen molar-refractivity contribution in [3.05, 3.63) is 59.6 Å². The molecule has 1 aliphatic rings. The van der Waals surface area contributed by atoms with Crippen molar-refractivity contribution < 1.29 is 14.3 Å². The van der Waals surface area contributed by atoms with Crippen molar-refractivity contribution in [2.45, 2.75) is 32.5 Å². The Kier molecular flexibility index (Phi) is 4.50. The van der Waals surface area contributed by atoms with Crippen LogP contribution >= 0.6 is 0 Å². The predicted molar refractivity (Wildman–Crippen MR) is 101 cm³/mol. The minimum absolute atomic E-state index is 0.00426. The first-order valence-corrected chi connectivity index (χ1v) is 9.18. The van der Waals surface area contributed by atoms with Crippen molar-refractivity contribution in [2.24, 2.45) is 7.05 Å². The standard InChI is InChI=1S/C20H22FN5O2/c1-12-10-25(11-16-9-22-19(13(2)27)26(12)16)20(28)18-8-17(23-24(18)3)14-4-6-15(21)7-5-14/h4-9,12-13,27H,10-11H2,1-3H3/t12-,13?/m0/s1. The molecule has 3 aromatic rings. The third-order valence-corrected chi connectivity index (χ3v) is 5.08. The summed E-state index contributed by atoms with van der Waals surface area (Å²) >= 11 is 0. The second kappa shape index (κ2) is 6.87. The maximum absolute atomic E-state index is 13.2. The minimum atomic E-state index is -0.659. The zero-order valence-corrected chi connectivity index (χ0v) is 16.0. The third-order valence-electron chi connectivity index (χ3n) is 5.08. The number of rotatable bonds is 3. The highest BCUT2D eigenvalue weighted by Gasteiger charge is 2.30. The van der Waals surface area contributed by atoms with E-state index < -0.39 is 6.10 Å². The summed E-state index contributed by atoms with van der Waals surface area (Å²) in [4.78, 5) is 19.2. The van der Waals surface area contributed by atoms with Crippen LogP contribution in [0.15, 0.2) is 36.5 Å². The number of imidazole rings is 1. The van der Waals surface area contributed by atoms with Crippen LogP contribution in [0.25, 0.3) is 11.3 Å². The molecular formula is C20H22FN5O2. The number of hydrogen-bond donors (Lipinski definition) is 1. The number of benzene rings is 1. The van der Waals surface area contributed by atoms with Gasteiger partial charge in [-0.05, 0) is 44.2 Å². The molecule has 1 unspecified atom stereocenters. The number of carbonyl (C=O) groups excluding carboxylic acids is 1. The van der Waals surface area contributed by atoms with Crippen molar-refractivity contribution in [1.82, 2.24) is 24.2 Å². The number of aromatic nitrogens is 4. The number of aliphatic hydroxyl groups excluding tert-OH is 1. The van der Waals surface area contributed by atoms with Crippen LogP contribution in [0.4, 0.5) is 4.39 Å². The van der Waals surface area contributed by atoms with Gasteiger partial charge in [0.05, 0.1) is 30.2 Å². The molecule has 0 spiro atoms. The Morgan fingerprint density at radius 2 is 2.04 bits per heavy atom. The van der Waals surface area contributed by atoms with Gasteiger partial charge >= 0.3 is 0 Å². The van der Waals surface area contributed by atoms with Gasteiger partial charge in [-0.25, -0.2) is 9.37 Å². The average Bonchev–Trinajstić information content (AvgIpc) is 3.26. The van der Waals surface area contributed by atoms with Crippen LogP contribution in [0.3, 0.4) is 0 Å². The molecule has 1 N–H and O–H groups in total. The first-order chi connectivity index (χ1) is 13.3. The fraction of sp³-hybridized carbons (Fsp3) is 0.350. The third kappa shape index (κ3) is 3.09. The molecule has 0 saturated carbocycles. The SMILES string of the molecule is CC(O)c1ncc2n1[C@@H](C)CN(C(=O)c1cc(-c3ccc(F)cc3)nn1C)C2. The van der Waals surface area contributed by atoms with Gasteiger partial charge in [0.15, 0.2) is 0 Å². The number of halogens is 1. The maximum atomic E-state index is 13.2. The van der Waals surface area contributed by atoms with Crippen molar-refractivity contribution in [2.75, 3.05) is 6.54 Å². The first-order valence-electron chi connectivity index (χ1n) is 9.18. The summed E-state index contributed by atoms with van der Waals surface area (Å²) in [5.74, 6) is 0.182. The van der Waals surface area contributed by atoms with E-state index in [1.807, 2.05) is 11.5 Å². The Morgan fingerprint density at radius 3 is 2.71 bits per heavy atom. The van der Waals surface area contributed by atoms with Crippen molar-refractivity contribution in [3.8, 4) is 11.3 Å². The first kappa shape index (κ1) is 18.4. The molecule has 2 aromatic heterocycles. The molecule has 28 heavy (non-hydrogen) atoms. The Morgan fingerprint density at radius 1 is 1.32 bits per heavy atom. The molecule has 2 atom stereocenters. The van der Waals surface area contributed by atoms with Gasteiger partial charge in [0, 0.05) is 19.2 Å². The molecule has 7 nitrogen and oxygen atoms in total. The lowest BCUT2D eigenvalue weighted by atomic mass is 10.1. The molecule has 0 bridgehead atoms. The Balaban J connectivity index is 1.61. The van der Waals surface area contributed by atoms with Gasteiger partial charge in [-0.3, -0.25) is 9.48 Å². The Hall–Kier alpha value is -3.00. The summed E-state index contributed by atoms with van der Waals surface area (Å²) in [6, 6.07) is 7.77. The van der Waals surface area contributed by atoms with Gasteiger partial charge in [-0.1, -0.05) is 0 Å². The maximum Gasteiger partial charge on any atom is 0.272 e. The lowest BCUT2D eigenvalue weighted by molar-refractivity contribution is 0.0666.